The number of sulfonamides is 1. The molecule has 1 aliphatic heterocycles. The maximum Gasteiger partial charge on any atom is 0.247 e. The summed E-state index contributed by atoms with van der Waals surface area (Å²) < 4.78 is 37.3. The fourth-order valence-corrected chi connectivity index (χ4v) is 5.43. The van der Waals surface area contributed by atoms with Gasteiger partial charge < -0.3 is 9.30 Å². The Morgan fingerprint density at radius 2 is 2.08 bits per heavy atom. The number of aryl methyl sites for hydroxylation is 2. The van der Waals surface area contributed by atoms with E-state index in [1.807, 2.05) is 18.3 Å². The number of nitrogens with zero attached hydrogens (tertiary/aromatic N) is 4. The minimum Gasteiger partial charge on any atom is -0.385 e. The van der Waals surface area contributed by atoms with E-state index in [1.165, 1.54) is 0 Å². The summed E-state index contributed by atoms with van der Waals surface area (Å²) in [6, 6.07) is 3.96. The van der Waals surface area contributed by atoms with E-state index in [2.05, 4.69) is 9.67 Å². The van der Waals surface area contributed by atoms with Gasteiger partial charge in [-0.1, -0.05) is 0 Å². The number of methoxy groups -OCH3 is 1. The Morgan fingerprint density at radius 1 is 1.32 bits per heavy atom. The zero-order chi connectivity index (χ0) is 18.2. The Bertz CT molecular complexity index is 853. The average Bonchev–Trinajstić information content (AvgIpc) is 3.02. The molecular weight excluding hydrogens is 340 g/mol. The highest BCUT2D eigenvalue weighted by molar-refractivity contribution is 7.89. The maximum atomic E-state index is 13.4. The normalized spacial score (nSPS) is 19.0. The highest BCUT2D eigenvalue weighted by atomic mass is 32.2. The molecular formula is C17H26N4O3S. The van der Waals surface area contributed by atoms with Gasteiger partial charge in [0.1, 0.15) is 4.90 Å². The van der Waals surface area contributed by atoms with Gasteiger partial charge in [0.25, 0.3) is 0 Å². The van der Waals surface area contributed by atoms with Crippen molar-refractivity contribution in [3.05, 3.63) is 35.4 Å². The van der Waals surface area contributed by atoms with Crippen LogP contribution in [0.2, 0.25) is 0 Å². The third-order valence-electron chi connectivity index (χ3n) is 4.95. The molecule has 0 aliphatic carbocycles. The molecule has 1 unspecified atom stereocenters. The predicted octanol–water partition coefficient (Wildman–Crippen LogP) is 1.70. The third-order valence-corrected chi connectivity index (χ3v) is 7.01. The van der Waals surface area contributed by atoms with Gasteiger partial charge >= 0.3 is 0 Å². The molecule has 0 radical (unpaired) electrons. The van der Waals surface area contributed by atoms with Gasteiger partial charge in [0.05, 0.1) is 17.9 Å². The summed E-state index contributed by atoms with van der Waals surface area (Å²) in [5, 5.41) is 4.28. The zero-order valence-corrected chi connectivity index (χ0v) is 16.1. The van der Waals surface area contributed by atoms with Crippen LogP contribution < -0.4 is 0 Å². The highest BCUT2D eigenvalue weighted by Gasteiger charge is 2.34. The molecule has 0 bridgehead atoms. The number of aromatic nitrogens is 3. The number of hydrogen-bond acceptors (Lipinski definition) is 4. The first kappa shape index (κ1) is 18.2. The van der Waals surface area contributed by atoms with Crippen molar-refractivity contribution in [3.63, 3.8) is 0 Å². The van der Waals surface area contributed by atoms with E-state index in [0.29, 0.717) is 36.0 Å². The lowest BCUT2D eigenvalue weighted by atomic mass is 10.1. The summed E-state index contributed by atoms with van der Waals surface area (Å²) in [6.07, 6.45) is 2.84. The van der Waals surface area contributed by atoms with Crippen LogP contribution in [-0.2, 0) is 34.9 Å². The number of rotatable bonds is 5. The summed E-state index contributed by atoms with van der Waals surface area (Å²) in [4.78, 5) is 0.334. The van der Waals surface area contributed by atoms with Crippen LogP contribution in [0.5, 0.6) is 0 Å². The van der Waals surface area contributed by atoms with E-state index in [4.69, 9.17) is 4.74 Å². The van der Waals surface area contributed by atoms with Gasteiger partial charge in [0.2, 0.25) is 10.0 Å². The minimum absolute atomic E-state index is 0.209. The van der Waals surface area contributed by atoms with E-state index in [9.17, 15) is 8.42 Å². The van der Waals surface area contributed by atoms with Crippen molar-refractivity contribution in [1.82, 2.24) is 18.7 Å². The average molecular weight is 366 g/mol. The first-order valence-corrected chi connectivity index (χ1v) is 9.92. The van der Waals surface area contributed by atoms with Crippen molar-refractivity contribution < 1.29 is 13.2 Å². The summed E-state index contributed by atoms with van der Waals surface area (Å²) in [7, 11) is -0.159. The largest absolute Gasteiger partial charge is 0.385 e. The Hall–Kier alpha value is -1.64. The van der Waals surface area contributed by atoms with E-state index >= 15 is 0 Å². The molecule has 0 saturated heterocycles. The van der Waals surface area contributed by atoms with Crippen LogP contribution in [0.15, 0.2) is 23.2 Å². The van der Waals surface area contributed by atoms with Crippen LogP contribution >= 0.6 is 0 Å². The number of fused-ring (bicyclic) bond motifs is 1. The number of hydrogen-bond donors (Lipinski definition) is 0. The van der Waals surface area contributed by atoms with E-state index < -0.39 is 10.0 Å². The summed E-state index contributed by atoms with van der Waals surface area (Å²) >= 11 is 0. The Kier molecular flexibility index (Phi) is 5.04. The first-order chi connectivity index (χ1) is 11.8. The zero-order valence-electron chi connectivity index (χ0n) is 15.3. The van der Waals surface area contributed by atoms with Crippen molar-refractivity contribution >= 4 is 10.0 Å². The molecule has 2 aromatic rings. The molecule has 7 nitrogen and oxygen atoms in total. The standard InChI is InChI=1S/C17H26N4O3S/c1-13-17(14(2)19(3)18-13)25(22,23)21-11-15(7-9-24-4)10-20-8-5-6-16(20)12-21/h5-6,8,15H,7,9-12H2,1-4H3. The van der Waals surface area contributed by atoms with Gasteiger partial charge in [0.15, 0.2) is 0 Å². The molecule has 25 heavy (non-hydrogen) atoms. The van der Waals surface area contributed by atoms with Gasteiger partial charge in [0, 0.05) is 45.7 Å². The van der Waals surface area contributed by atoms with Crippen LogP contribution in [0.25, 0.3) is 0 Å². The van der Waals surface area contributed by atoms with Gasteiger partial charge in [-0.05, 0) is 38.3 Å². The lowest BCUT2D eigenvalue weighted by Gasteiger charge is -2.23. The second-order valence-electron chi connectivity index (χ2n) is 6.72. The molecule has 0 fully saturated rings. The summed E-state index contributed by atoms with van der Waals surface area (Å²) in [5.41, 5.74) is 2.24. The quantitative estimate of drug-likeness (QED) is 0.808. The highest BCUT2D eigenvalue weighted by Crippen LogP contribution is 2.28. The summed E-state index contributed by atoms with van der Waals surface area (Å²) in [5.74, 6) is 0.209. The molecule has 0 spiro atoms. The molecule has 138 valence electrons. The van der Waals surface area contributed by atoms with E-state index in [-0.39, 0.29) is 5.92 Å². The van der Waals surface area contributed by atoms with Crippen molar-refractivity contribution in [1.29, 1.82) is 0 Å². The molecule has 8 heteroatoms. The SMILES string of the molecule is COCCC1CN(S(=O)(=O)c2c(C)nn(C)c2C)Cc2cccn2C1. The predicted molar refractivity (Wildman–Crippen MR) is 94.7 cm³/mol. The first-order valence-electron chi connectivity index (χ1n) is 8.48. The third kappa shape index (κ3) is 3.38. The fraction of sp³-hybridized carbons (Fsp3) is 0.588. The molecule has 3 rings (SSSR count). The second-order valence-corrected chi connectivity index (χ2v) is 8.60. The van der Waals surface area contributed by atoms with Crippen LogP contribution in [0.3, 0.4) is 0 Å². The molecule has 0 amide bonds. The van der Waals surface area contributed by atoms with Gasteiger partial charge in [-0.25, -0.2) is 8.42 Å². The van der Waals surface area contributed by atoms with Gasteiger partial charge in [-0.2, -0.15) is 9.40 Å². The lowest BCUT2D eigenvalue weighted by Crippen LogP contribution is -2.34. The Balaban J connectivity index is 1.99. The van der Waals surface area contributed by atoms with Crippen molar-refractivity contribution in [2.75, 3.05) is 20.3 Å². The molecule has 1 atom stereocenters. The van der Waals surface area contributed by atoms with Gasteiger partial charge in [-0.15, -0.1) is 0 Å². The van der Waals surface area contributed by atoms with E-state index in [1.54, 1.807) is 37.0 Å². The summed E-state index contributed by atoms with van der Waals surface area (Å²) in [6.45, 7) is 5.86. The Morgan fingerprint density at radius 3 is 2.72 bits per heavy atom. The maximum absolute atomic E-state index is 13.4. The van der Waals surface area contributed by atoms with Gasteiger partial charge in [-0.3, -0.25) is 4.68 Å². The molecule has 1 aliphatic rings. The topological polar surface area (TPSA) is 69.4 Å². The van der Waals surface area contributed by atoms with E-state index in [0.717, 1.165) is 18.7 Å². The second kappa shape index (κ2) is 6.93. The van der Waals surface area contributed by atoms with Crippen LogP contribution in [0.1, 0.15) is 23.5 Å². The van der Waals surface area contributed by atoms with Crippen LogP contribution in [-0.4, -0.2) is 47.3 Å². The monoisotopic (exact) mass is 366 g/mol. The fourth-order valence-electron chi connectivity index (χ4n) is 3.55. The van der Waals surface area contributed by atoms with Crippen molar-refractivity contribution in [2.24, 2.45) is 13.0 Å². The lowest BCUT2D eigenvalue weighted by molar-refractivity contribution is 0.167. The van der Waals surface area contributed by atoms with Crippen LogP contribution in [0, 0.1) is 19.8 Å². The Labute approximate surface area is 149 Å². The minimum atomic E-state index is -3.61. The van der Waals surface area contributed by atoms with Crippen molar-refractivity contribution in [2.45, 2.75) is 38.3 Å². The molecule has 2 aromatic heterocycles. The van der Waals surface area contributed by atoms with Crippen LogP contribution in [0.4, 0.5) is 0 Å². The smallest absolute Gasteiger partial charge is 0.247 e. The number of ether oxygens (including phenoxy) is 1. The molecule has 0 aromatic carbocycles. The molecule has 0 N–H and O–H groups in total. The van der Waals surface area contributed by atoms with Crippen molar-refractivity contribution in [3.8, 4) is 0 Å². The molecule has 0 saturated carbocycles. The molecule has 3 heterocycles.